The molecule has 0 unspecified atom stereocenters. The summed E-state index contributed by atoms with van der Waals surface area (Å²) in [5.74, 6) is 2.44. The Kier molecular flexibility index (Phi) is 4.29. The van der Waals surface area contributed by atoms with Gasteiger partial charge in [-0.05, 0) is 35.4 Å². The molecule has 0 bridgehead atoms. The summed E-state index contributed by atoms with van der Waals surface area (Å²) in [4.78, 5) is 0. The Hall–Kier alpha value is -2.16. The number of methoxy groups -OCH3 is 3. The highest BCUT2D eigenvalue weighted by Crippen LogP contribution is 2.27. The Morgan fingerprint density at radius 1 is 0.895 bits per heavy atom. The van der Waals surface area contributed by atoms with Gasteiger partial charge in [0.15, 0.2) is 0 Å². The average molecular weight is 257 g/mol. The van der Waals surface area contributed by atoms with Gasteiger partial charge in [-0.1, -0.05) is 12.1 Å². The van der Waals surface area contributed by atoms with Gasteiger partial charge in [-0.15, -0.1) is 0 Å². The molecule has 1 radical (unpaired) electrons. The molecular formula is C16H17O3. The lowest BCUT2D eigenvalue weighted by atomic mass is 10.0. The zero-order chi connectivity index (χ0) is 13.7. The van der Waals surface area contributed by atoms with Crippen molar-refractivity contribution in [2.45, 2.75) is 6.42 Å². The largest absolute Gasteiger partial charge is 0.497 e. The molecular weight excluding hydrogens is 240 g/mol. The summed E-state index contributed by atoms with van der Waals surface area (Å²) < 4.78 is 15.8. The van der Waals surface area contributed by atoms with Crippen LogP contribution in [0.25, 0.3) is 0 Å². The fraction of sp³-hybridized carbons (Fsp3) is 0.250. The van der Waals surface area contributed by atoms with E-state index in [1.165, 1.54) is 0 Å². The summed E-state index contributed by atoms with van der Waals surface area (Å²) >= 11 is 0. The van der Waals surface area contributed by atoms with Crippen molar-refractivity contribution in [2.24, 2.45) is 0 Å². The van der Waals surface area contributed by atoms with Crippen LogP contribution < -0.4 is 14.2 Å². The van der Waals surface area contributed by atoms with E-state index in [0.29, 0.717) is 0 Å². The molecule has 0 saturated heterocycles. The molecule has 0 heterocycles. The van der Waals surface area contributed by atoms with E-state index >= 15 is 0 Å². The number of hydrogen-bond acceptors (Lipinski definition) is 3. The second kappa shape index (κ2) is 6.14. The summed E-state index contributed by atoms with van der Waals surface area (Å²) in [6.45, 7) is 0. The Morgan fingerprint density at radius 3 is 2.32 bits per heavy atom. The van der Waals surface area contributed by atoms with Gasteiger partial charge in [0.2, 0.25) is 0 Å². The summed E-state index contributed by atoms with van der Waals surface area (Å²) in [5, 5.41) is 0. The molecule has 0 aliphatic rings. The summed E-state index contributed by atoms with van der Waals surface area (Å²) in [7, 11) is 4.96. The van der Waals surface area contributed by atoms with Crippen molar-refractivity contribution in [2.75, 3.05) is 21.3 Å². The molecule has 19 heavy (non-hydrogen) atoms. The molecule has 2 aromatic rings. The molecule has 0 aromatic heterocycles. The van der Waals surface area contributed by atoms with E-state index in [4.69, 9.17) is 14.2 Å². The van der Waals surface area contributed by atoms with Gasteiger partial charge in [-0.25, -0.2) is 0 Å². The lowest BCUT2D eigenvalue weighted by Crippen LogP contribution is -1.95. The lowest BCUT2D eigenvalue weighted by molar-refractivity contribution is 0.391. The minimum Gasteiger partial charge on any atom is -0.497 e. The number of ether oxygens (including phenoxy) is 3. The van der Waals surface area contributed by atoms with Crippen LogP contribution in [0.5, 0.6) is 17.2 Å². The minimum absolute atomic E-state index is 0.740. The molecule has 0 spiro atoms. The molecule has 0 amide bonds. The Bertz CT molecular complexity index is 549. The first kappa shape index (κ1) is 13.3. The summed E-state index contributed by atoms with van der Waals surface area (Å²) in [6.07, 6.45) is 0.740. The first-order valence-electron chi connectivity index (χ1n) is 6.02. The van der Waals surface area contributed by atoms with Crippen molar-refractivity contribution in [3.63, 3.8) is 0 Å². The van der Waals surface area contributed by atoms with Crippen LogP contribution in [0.4, 0.5) is 0 Å². The highest BCUT2D eigenvalue weighted by Gasteiger charge is 2.06. The van der Waals surface area contributed by atoms with Gasteiger partial charge >= 0.3 is 0 Å². The van der Waals surface area contributed by atoms with E-state index in [1.54, 1.807) is 21.3 Å². The standard InChI is InChI=1S/C16H17O3/c1-17-14-6-4-5-12(10-14)9-13-7-8-15(18-2)11-16(13)19-3/h4,6-8,10-11H,9H2,1-3H3. The maximum atomic E-state index is 5.39. The van der Waals surface area contributed by atoms with Crippen molar-refractivity contribution < 1.29 is 14.2 Å². The average Bonchev–Trinajstić information content (AvgIpc) is 2.48. The predicted octanol–water partition coefficient (Wildman–Crippen LogP) is 3.10. The zero-order valence-corrected chi connectivity index (χ0v) is 11.4. The van der Waals surface area contributed by atoms with Gasteiger partial charge < -0.3 is 14.2 Å². The third-order valence-corrected chi connectivity index (χ3v) is 2.94. The van der Waals surface area contributed by atoms with Crippen LogP contribution >= 0.6 is 0 Å². The SMILES string of the molecule is COc1cc[c]c(Cc2ccc(OC)cc2OC)c1. The lowest BCUT2D eigenvalue weighted by Gasteiger charge is -2.11. The fourth-order valence-electron chi connectivity index (χ4n) is 1.92. The maximum absolute atomic E-state index is 5.39. The van der Waals surface area contributed by atoms with Gasteiger partial charge in [-0.2, -0.15) is 0 Å². The Morgan fingerprint density at radius 2 is 1.63 bits per heavy atom. The van der Waals surface area contributed by atoms with Crippen molar-refractivity contribution in [3.05, 3.63) is 53.6 Å². The van der Waals surface area contributed by atoms with Gasteiger partial charge in [0.05, 0.1) is 21.3 Å². The second-order valence-corrected chi connectivity index (χ2v) is 4.11. The minimum atomic E-state index is 0.740. The monoisotopic (exact) mass is 257 g/mol. The quantitative estimate of drug-likeness (QED) is 0.823. The molecule has 2 rings (SSSR count). The van der Waals surface area contributed by atoms with Crippen LogP contribution in [0.2, 0.25) is 0 Å². The van der Waals surface area contributed by atoms with Crippen LogP contribution in [0.1, 0.15) is 11.1 Å². The summed E-state index contributed by atoms with van der Waals surface area (Å²) in [6, 6.07) is 14.7. The maximum Gasteiger partial charge on any atom is 0.126 e. The first-order valence-corrected chi connectivity index (χ1v) is 6.02. The van der Waals surface area contributed by atoms with Gasteiger partial charge in [-0.3, -0.25) is 0 Å². The second-order valence-electron chi connectivity index (χ2n) is 4.11. The molecule has 0 aliphatic carbocycles. The van der Waals surface area contributed by atoms with Crippen LogP contribution in [-0.4, -0.2) is 21.3 Å². The van der Waals surface area contributed by atoms with E-state index in [-0.39, 0.29) is 0 Å². The molecule has 0 atom stereocenters. The van der Waals surface area contributed by atoms with E-state index in [1.807, 2.05) is 36.4 Å². The van der Waals surface area contributed by atoms with Crippen molar-refractivity contribution in [3.8, 4) is 17.2 Å². The smallest absolute Gasteiger partial charge is 0.126 e. The molecule has 3 heteroatoms. The van der Waals surface area contributed by atoms with Crippen molar-refractivity contribution in [1.29, 1.82) is 0 Å². The third kappa shape index (κ3) is 3.19. The fourth-order valence-corrected chi connectivity index (χ4v) is 1.92. The van der Waals surface area contributed by atoms with Crippen LogP contribution in [0, 0.1) is 6.07 Å². The normalized spacial score (nSPS) is 10.1. The predicted molar refractivity (Wildman–Crippen MR) is 74.2 cm³/mol. The van der Waals surface area contributed by atoms with E-state index in [0.717, 1.165) is 34.8 Å². The number of benzene rings is 2. The third-order valence-electron chi connectivity index (χ3n) is 2.94. The summed E-state index contributed by atoms with van der Waals surface area (Å²) in [5.41, 5.74) is 2.15. The van der Waals surface area contributed by atoms with E-state index in [2.05, 4.69) is 6.07 Å². The highest BCUT2D eigenvalue weighted by molar-refractivity contribution is 5.43. The van der Waals surface area contributed by atoms with Gasteiger partial charge in [0, 0.05) is 12.5 Å². The van der Waals surface area contributed by atoms with Gasteiger partial charge in [0.25, 0.3) is 0 Å². The molecule has 0 fully saturated rings. The molecule has 0 saturated carbocycles. The number of hydrogen-bond donors (Lipinski definition) is 0. The molecule has 2 aromatic carbocycles. The van der Waals surface area contributed by atoms with Crippen molar-refractivity contribution in [1.82, 2.24) is 0 Å². The van der Waals surface area contributed by atoms with Crippen LogP contribution in [-0.2, 0) is 6.42 Å². The highest BCUT2D eigenvalue weighted by atomic mass is 16.5. The van der Waals surface area contributed by atoms with E-state index < -0.39 is 0 Å². The van der Waals surface area contributed by atoms with Crippen molar-refractivity contribution >= 4 is 0 Å². The molecule has 0 aliphatic heterocycles. The molecule has 0 N–H and O–H groups in total. The topological polar surface area (TPSA) is 27.7 Å². The first-order chi connectivity index (χ1) is 9.26. The Labute approximate surface area is 113 Å². The molecule has 99 valence electrons. The zero-order valence-electron chi connectivity index (χ0n) is 11.4. The van der Waals surface area contributed by atoms with E-state index in [9.17, 15) is 0 Å². The van der Waals surface area contributed by atoms with Crippen LogP contribution in [0.3, 0.4) is 0 Å². The number of rotatable bonds is 5. The Balaban J connectivity index is 2.26. The van der Waals surface area contributed by atoms with Gasteiger partial charge in [0.1, 0.15) is 17.2 Å². The van der Waals surface area contributed by atoms with Crippen LogP contribution in [0.15, 0.2) is 36.4 Å². The molecule has 3 nitrogen and oxygen atoms in total.